The first-order valence-electron chi connectivity index (χ1n) is 5.78. The van der Waals surface area contributed by atoms with Gasteiger partial charge < -0.3 is 4.74 Å². The van der Waals surface area contributed by atoms with Crippen LogP contribution in [0.2, 0.25) is 5.02 Å². The normalized spacial score (nSPS) is 10.4. The van der Waals surface area contributed by atoms with Gasteiger partial charge in [0.15, 0.2) is 0 Å². The summed E-state index contributed by atoms with van der Waals surface area (Å²) < 4.78 is 19.4. The molecule has 2 aromatic carbocycles. The number of benzene rings is 2. The van der Waals surface area contributed by atoms with Gasteiger partial charge in [-0.2, -0.15) is 0 Å². The second-order valence-corrected chi connectivity index (χ2v) is 4.44. The molecule has 0 fully saturated rings. The number of hydrogen-bond acceptors (Lipinski definition) is 1. The van der Waals surface area contributed by atoms with Crippen molar-refractivity contribution in [1.29, 1.82) is 0 Å². The molecule has 0 bridgehead atoms. The molecule has 3 heteroatoms. The SMILES string of the molecule is CCc1cc(F)c(-c2cccc(Cl)c2)cc1OC. The molecule has 0 aliphatic rings. The Balaban J connectivity index is 2.57. The number of ether oxygens (including phenoxy) is 1. The standard InChI is InChI=1S/C15H14ClFO/c1-3-10-8-14(17)13(9-15(10)18-2)11-5-4-6-12(16)7-11/h4-9H,3H2,1-2H3. The largest absolute Gasteiger partial charge is 0.496 e. The molecule has 0 saturated heterocycles. The zero-order chi connectivity index (χ0) is 13.1. The van der Waals surface area contributed by atoms with Crippen LogP contribution >= 0.6 is 11.6 Å². The molecule has 0 aromatic heterocycles. The van der Waals surface area contributed by atoms with E-state index in [-0.39, 0.29) is 5.82 Å². The lowest BCUT2D eigenvalue weighted by atomic mass is 10.0. The van der Waals surface area contributed by atoms with Crippen molar-refractivity contribution in [2.75, 3.05) is 7.11 Å². The highest BCUT2D eigenvalue weighted by Crippen LogP contribution is 2.31. The lowest BCUT2D eigenvalue weighted by Crippen LogP contribution is -1.94. The van der Waals surface area contributed by atoms with Gasteiger partial charge in [0.2, 0.25) is 0 Å². The molecular weight excluding hydrogens is 251 g/mol. The lowest BCUT2D eigenvalue weighted by Gasteiger charge is -2.11. The Hall–Kier alpha value is -1.54. The van der Waals surface area contributed by atoms with Crippen LogP contribution in [0.3, 0.4) is 0 Å². The van der Waals surface area contributed by atoms with Gasteiger partial charge in [-0.3, -0.25) is 0 Å². The summed E-state index contributed by atoms with van der Waals surface area (Å²) in [7, 11) is 1.59. The topological polar surface area (TPSA) is 9.23 Å². The molecule has 2 aromatic rings. The van der Waals surface area contributed by atoms with Crippen molar-refractivity contribution in [2.45, 2.75) is 13.3 Å². The molecular formula is C15H14ClFO. The van der Waals surface area contributed by atoms with Crippen molar-refractivity contribution in [2.24, 2.45) is 0 Å². The van der Waals surface area contributed by atoms with Crippen LogP contribution in [0.4, 0.5) is 4.39 Å². The minimum absolute atomic E-state index is 0.255. The average Bonchev–Trinajstić information content (AvgIpc) is 2.38. The summed E-state index contributed by atoms with van der Waals surface area (Å²) in [6.45, 7) is 1.97. The molecule has 0 spiro atoms. The van der Waals surface area contributed by atoms with Crippen LogP contribution in [0.25, 0.3) is 11.1 Å². The van der Waals surface area contributed by atoms with Gasteiger partial charge in [-0.25, -0.2) is 4.39 Å². The number of methoxy groups -OCH3 is 1. The Bertz CT molecular complexity index is 566. The van der Waals surface area contributed by atoms with Crippen molar-refractivity contribution >= 4 is 11.6 Å². The maximum Gasteiger partial charge on any atom is 0.131 e. The van der Waals surface area contributed by atoms with E-state index in [9.17, 15) is 4.39 Å². The molecule has 0 atom stereocenters. The lowest BCUT2D eigenvalue weighted by molar-refractivity contribution is 0.409. The van der Waals surface area contributed by atoms with Crippen LogP contribution in [-0.2, 0) is 6.42 Å². The maximum absolute atomic E-state index is 14.1. The van der Waals surface area contributed by atoms with Gasteiger partial charge in [-0.1, -0.05) is 30.7 Å². The van der Waals surface area contributed by atoms with Crippen molar-refractivity contribution in [3.05, 3.63) is 52.8 Å². The summed E-state index contributed by atoms with van der Waals surface area (Å²) in [4.78, 5) is 0. The summed E-state index contributed by atoms with van der Waals surface area (Å²) in [5.74, 6) is 0.448. The molecule has 1 nitrogen and oxygen atoms in total. The highest BCUT2D eigenvalue weighted by Gasteiger charge is 2.11. The molecule has 0 heterocycles. The fourth-order valence-electron chi connectivity index (χ4n) is 1.94. The first-order chi connectivity index (χ1) is 8.65. The molecule has 0 aliphatic heterocycles. The van der Waals surface area contributed by atoms with Crippen LogP contribution in [0, 0.1) is 5.82 Å². The highest BCUT2D eigenvalue weighted by molar-refractivity contribution is 6.30. The highest BCUT2D eigenvalue weighted by atomic mass is 35.5. The van der Waals surface area contributed by atoms with Crippen LogP contribution in [0.15, 0.2) is 36.4 Å². The van der Waals surface area contributed by atoms with Crippen molar-refractivity contribution < 1.29 is 9.13 Å². The number of aryl methyl sites for hydroxylation is 1. The minimum Gasteiger partial charge on any atom is -0.496 e. The van der Waals surface area contributed by atoms with Gasteiger partial charge in [-0.05, 0) is 41.8 Å². The van der Waals surface area contributed by atoms with Crippen molar-refractivity contribution in [1.82, 2.24) is 0 Å². The minimum atomic E-state index is -0.255. The molecule has 94 valence electrons. The summed E-state index contributed by atoms with van der Waals surface area (Å²) in [5.41, 5.74) is 2.12. The van der Waals surface area contributed by atoms with Gasteiger partial charge in [0, 0.05) is 10.6 Å². The van der Waals surface area contributed by atoms with Crippen molar-refractivity contribution in [3.63, 3.8) is 0 Å². The van der Waals surface area contributed by atoms with Gasteiger partial charge in [0.25, 0.3) is 0 Å². The van der Waals surface area contributed by atoms with Gasteiger partial charge >= 0.3 is 0 Å². The predicted octanol–water partition coefficient (Wildman–Crippen LogP) is 4.72. The fourth-order valence-corrected chi connectivity index (χ4v) is 2.13. The summed E-state index contributed by atoms with van der Waals surface area (Å²) >= 11 is 5.93. The molecule has 0 radical (unpaired) electrons. The first kappa shape index (κ1) is 12.9. The quantitative estimate of drug-likeness (QED) is 0.780. The summed E-state index contributed by atoms with van der Waals surface area (Å²) in [6, 6.07) is 10.4. The fraction of sp³-hybridized carbons (Fsp3) is 0.200. The molecule has 0 aliphatic carbocycles. The van der Waals surface area contributed by atoms with Crippen molar-refractivity contribution in [3.8, 4) is 16.9 Å². The molecule has 18 heavy (non-hydrogen) atoms. The smallest absolute Gasteiger partial charge is 0.131 e. The van der Waals surface area contributed by atoms with E-state index in [4.69, 9.17) is 16.3 Å². The third kappa shape index (κ3) is 2.49. The zero-order valence-corrected chi connectivity index (χ0v) is 11.1. The van der Waals surface area contributed by atoms with Crippen LogP contribution < -0.4 is 4.74 Å². The third-order valence-electron chi connectivity index (χ3n) is 2.89. The van der Waals surface area contributed by atoms with E-state index in [1.807, 2.05) is 13.0 Å². The second kappa shape index (κ2) is 5.40. The van der Waals surface area contributed by atoms with Gasteiger partial charge in [-0.15, -0.1) is 0 Å². The van der Waals surface area contributed by atoms with E-state index in [0.717, 1.165) is 17.5 Å². The van der Waals surface area contributed by atoms with Crippen LogP contribution in [-0.4, -0.2) is 7.11 Å². The Kier molecular flexibility index (Phi) is 3.87. The molecule has 0 unspecified atom stereocenters. The molecule has 0 amide bonds. The zero-order valence-electron chi connectivity index (χ0n) is 10.3. The van der Waals surface area contributed by atoms with E-state index < -0.39 is 0 Å². The summed E-state index contributed by atoms with van der Waals surface area (Å²) in [5, 5.41) is 0.588. The maximum atomic E-state index is 14.1. The summed E-state index contributed by atoms with van der Waals surface area (Å²) in [6.07, 6.45) is 0.732. The number of rotatable bonds is 3. The first-order valence-corrected chi connectivity index (χ1v) is 6.16. The monoisotopic (exact) mass is 264 g/mol. The number of hydrogen-bond donors (Lipinski definition) is 0. The Morgan fingerprint density at radius 2 is 2.00 bits per heavy atom. The second-order valence-electron chi connectivity index (χ2n) is 4.01. The van der Waals surface area contributed by atoms with Crippen LogP contribution in [0.5, 0.6) is 5.75 Å². The van der Waals surface area contributed by atoms with Gasteiger partial charge in [0.1, 0.15) is 11.6 Å². The molecule has 0 N–H and O–H groups in total. The Morgan fingerprint density at radius 3 is 2.61 bits per heavy atom. The predicted molar refractivity (Wildman–Crippen MR) is 72.8 cm³/mol. The van der Waals surface area contributed by atoms with Crippen LogP contribution in [0.1, 0.15) is 12.5 Å². The molecule has 0 saturated carbocycles. The third-order valence-corrected chi connectivity index (χ3v) is 3.12. The van der Waals surface area contributed by atoms with E-state index >= 15 is 0 Å². The van der Waals surface area contributed by atoms with E-state index in [2.05, 4.69) is 0 Å². The Morgan fingerprint density at radius 1 is 1.22 bits per heavy atom. The number of halogens is 2. The van der Waals surface area contributed by atoms with E-state index in [1.54, 1.807) is 31.4 Å². The average molecular weight is 265 g/mol. The Labute approximate surface area is 111 Å². The van der Waals surface area contributed by atoms with E-state index in [0.29, 0.717) is 16.3 Å². The van der Waals surface area contributed by atoms with E-state index in [1.165, 1.54) is 6.07 Å². The van der Waals surface area contributed by atoms with Gasteiger partial charge in [0.05, 0.1) is 7.11 Å². The molecule has 2 rings (SSSR count).